The molecule has 0 unspecified atom stereocenters. The maximum absolute atomic E-state index is 13.5. The van der Waals surface area contributed by atoms with Crippen molar-refractivity contribution in [2.24, 2.45) is 0 Å². The van der Waals surface area contributed by atoms with E-state index in [1.807, 2.05) is 18.2 Å². The van der Waals surface area contributed by atoms with E-state index in [0.717, 1.165) is 17.7 Å². The van der Waals surface area contributed by atoms with Crippen molar-refractivity contribution >= 4 is 11.7 Å². The number of anilines is 1. The number of hydrogen-bond acceptors (Lipinski definition) is 3. The summed E-state index contributed by atoms with van der Waals surface area (Å²) >= 11 is 0. The average Bonchev–Trinajstić information content (AvgIpc) is 2.59. The number of urea groups is 1. The Bertz CT molecular complexity index is 690. The molecule has 0 aliphatic rings. The quantitative estimate of drug-likeness (QED) is 0.849. The Hall–Kier alpha value is -2.67. The second kappa shape index (κ2) is 8.26. The van der Waals surface area contributed by atoms with Gasteiger partial charge in [-0.15, -0.1) is 0 Å². The molecular formula is C17H18F2N2O3. The summed E-state index contributed by atoms with van der Waals surface area (Å²) in [5.74, 6) is -1.08. The number of amides is 2. The normalized spacial score (nSPS) is 11.7. The highest BCUT2D eigenvalue weighted by atomic mass is 19.1. The molecule has 2 rings (SSSR count). The minimum absolute atomic E-state index is 0.0960. The Balaban J connectivity index is 2.02. The van der Waals surface area contributed by atoms with Gasteiger partial charge in [0, 0.05) is 19.2 Å². The lowest BCUT2D eigenvalue weighted by Gasteiger charge is -2.19. The summed E-state index contributed by atoms with van der Waals surface area (Å²) in [6.45, 7) is 0.0960. The second-order valence-electron chi connectivity index (χ2n) is 4.90. The van der Waals surface area contributed by atoms with Crippen LogP contribution in [0.5, 0.6) is 5.75 Å². The van der Waals surface area contributed by atoms with Crippen LogP contribution in [0.15, 0.2) is 42.5 Å². The highest BCUT2D eigenvalue weighted by Gasteiger charge is 2.17. The summed E-state index contributed by atoms with van der Waals surface area (Å²) in [4.78, 5) is 11.9. The van der Waals surface area contributed by atoms with Crippen LogP contribution in [-0.4, -0.2) is 26.8 Å². The second-order valence-corrected chi connectivity index (χ2v) is 4.90. The molecule has 0 radical (unpaired) electrons. The Morgan fingerprint density at radius 3 is 2.38 bits per heavy atom. The van der Waals surface area contributed by atoms with Gasteiger partial charge in [-0.3, -0.25) is 0 Å². The summed E-state index contributed by atoms with van der Waals surface area (Å²) < 4.78 is 37.6. The number of carbonyl (C=O) groups is 1. The van der Waals surface area contributed by atoms with Crippen LogP contribution in [0.3, 0.4) is 0 Å². The van der Waals surface area contributed by atoms with Crippen LogP contribution in [0.2, 0.25) is 0 Å². The number of carbonyl (C=O) groups excluding carboxylic acids is 1. The molecular weight excluding hydrogens is 318 g/mol. The molecule has 1 atom stereocenters. The minimum atomic E-state index is -0.849. The zero-order valence-electron chi connectivity index (χ0n) is 13.3. The first-order valence-corrected chi connectivity index (χ1v) is 7.21. The summed E-state index contributed by atoms with van der Waals surface area (Å²) in [6.07, 6.45) is -0.475. The summed E-state index contributed by atoms with van der Waals surface area (Å²) in [5, 5.41) is 4.67. The van der Waals surface area contributed by atoms with Crippen molar-refractivity contribution in [3.05, 3.63) is 59.7 Å². The first-order chi connectivity index (χ1) is 11.6. The fourth-order valence-electron chi connectivity index (χ4n) is 2.21. The fourth-order valence-corrected chi connectivity index (χ4v) is 2.21. The van der Waals surface area contributed by atoms with Gasteiger partial charge in [0.05, 0.1) is 7.11 Å². The van der Waals surface area contributed by atoms with Crippen molar-refractivity contribution in [3.63, 3.8) is 0 Å². The molecule has 2 aromatic rings. The number of nitrogens with one attached hydrogen (secondary N) is 2. The number of rotatable bonds is 6. The Morgan fingerprint density at radius 2 is 1.75 bits per heavy atom. The van der Waals surface area contributed by atoms with E-state index >= 15 is 0 Å². The molecule has 0 saturated heterocycles. The van der Waals surface area contributed by atoms with Crippen LogP contribution in [0.4, 0.5) is 19.3 Å². The molecule has 0 aromatic heterocycles. The van der Waals surface area contributed by atoms with Crippen molar-refractivity contribution in [3.8, 4) is 5.75 Å². The van der Waals surface area contributed by atoms with E-state index in [9.17, 15) is 13.6 Å². The third kappa shape index (κ3) is 4.20. The molecule has 24 heavy (non-hydrogen) atoms. The molecule has 0 spiro atoms. The third-order valence-electron chi connectivity index (χ3n) is 3.42. The Morgan fingerprint density at radius 1 is 1.08 bits per heavy atom. The third-order valence-corrected chi connectivity index (χ3v) is 3.42. The molecule has 0 bridgehead atoms. The standard InChI is InChI=1S/C17H18F2N2O3/c1-23-14-9-4-3-6-11(14)15(24-2)10-20-17(22)21-16-12(18)7-5-8-13(16)19/h3-9,15H,10H2,1-2H3,(H2,20,21,22)/t15-/m1/s1. The van der Waals surface area contributed by atoms with Crippen molar-refractivity contribution < 1.29 is 23.0 Å². The van der Waals surface area contributed by atoms with Crippen LogP contribution in [0.25, 0.3) is 0 Å². The van der Waals surface area contributed by atoms with Crippen molar-refractivity contribution in [1.29, 1.82) is 0 Å². The summed E-state index contributed by atoms with van der Waals surface area (Å²) in [7, 11) is 3.03. The maximum atomic E-state index is 13.5. The van der Waals surface area contributed by atoms with Gasteiger partial charge in [-0.2, -0.15) is 0 Å². The molecule has 5 nitrogen and oxygen atoms in total. The van der Waals surface area contributed by atoms with Crippen LogP contribution in [0.1, 0.15) is 11.7 Å². The zero-order chi connectivity index (χ0) is 17.5. The lowest BCUT2D eigenvalue weighted by molar-refractivity contribution is 0.102. The van der Waals surface area contributed by atoms with Gasteiger partial charge in [0.1, 0.15) is 29.2 Å². The van der Waals surface area contributed by atoms with Crippen LogP contribution in [-0.2, 0) is 4.74 Å². The minimum Gasteiger partial charge on any atom is -0.496 e. The van der Waals surface area contributed by atoms with Gasteiger partial charge in [-0.25, -0.2) is 13.6 Å². The molecule has 0 fully saturated rings. The predicted molar refractivity (Wildman–Crippen MR) is 86.1 cm³/mol. The monoisotopic (exact) mass is 336 g/mol. The highest BCUT2D eigenvalue weighted by Crippen LogP contribution is 2.26. The highest BCUT2D eigenvalue weighted by molar-refractivity contribution is 5.89. The van der Waals surface area contributed by atoms with Gasteiger partial charge in [-0.05, 0) is 18.2 Å². The van der Waals surface area contributed by atoms with E-state index in [1.165, 1.54) is 20.3 Å². The van der Waals surface area contributed by atoms with Crippen LogP contribution >= 0.6 is 0 Å². The van der Waals surface area contributed by atoms with E-state index in [1.54, 1.807) is 6.07 Å². The molecule has 7 heteroatoms. The number of methoxy groups -OCH3 is 2. The molecule has 2 N–H and O–H groups in total. The smallest absolute Gasteiger partial charge is 0.319 e. The predicted octanol–water partition coefficient (Wildman–Crippen LogP) is 3.48. The number of ether oxygens (including phenoxy) is 2. The van der Waals surface area contributed by atoms with Crippen molar-refractivity contribution in [1.82, 2.24) is 5.32 Å². The molecule has 0 aliphatic heterocycles. The molecule has 0 saturated carbocycles. The van der Waals surface area contributed by atoms with E-state index in [-0.39, 0.29) is 6.54 Å². The fraction of sp³-hybridized carbons (Fsp3) is 0.235. The summed E-state index contributed by atoms with van der Waals surface area (Å²) in [6, 6.07) is 9.82. The summed E-state index contributed by atoms with van der Waals surface area (Å²) in [5.41, 5.74) is 0.251. The maximum Gasteiger partial charge on any atom is 0.319 e. The first-order valence-electron chi connectivity index (χ1n) is 7.21. The largest absolute Gasteiger partial charge is 0.496 e. The lowest BCUT2D eigenvalue weighted by atomic mass is 10.1. The van der Waals surface area contributed by atoms with E-state index in [4.69, 9.17) is 9.47 Å². The molecule has 2 aromatic carbocycles. The van der Waals surface area contributed by atoms with Gasteiger partial charge in [0.2, 0.25) is 0 Å². The van der Waals surface area contributed by atoms with Crippen LogP contribution in [0, 0.1) is 11.6 Å². The Labute approximate surface area is 138 Å². The lowest BCUT2D eigenvalue weighted by Crippen LogP contribution is -2.33. The zero-order valence-corrected chi connectivity index (χ0v) is 13.3. The van der Waals surface area contributed by atoms with Gasteiger partial charge in [0.25, 0.3) is 0 Å². The van der Waals surface area contributed by atoms with Crippen LogP contribution < -0.4 is 15.4 Å². The number of halogens is 2. The van der Waals surface area contributed by atoms with E-state index in [2.05, 4.69) is 10.6 Å². The van der Waals surface area contributed by atoms with E-state index < -0.39 is 29.5 Å². The van der Waals surface area contributed by atoms with Gasteiger partial charge in [0.15, 0.2) is 0 Å². The first kappa shape index (κ1) is 17.7. The molecule has 0 heterocycles. The number of benzene rings is 2. The van der Waals surface area contributed by atoms with Gasteiger partial charge in [-0.1, -0.05) is 24.3 Å². The SMILES string of the molecule is COc1ccccc1[C@@H](CNC(=O)Nc1c(F)cccc1F)OC. The van der Waals surface area contributed by atoms with Gasteiger partial charge >= 0.3 is 6.03 Å². The van der Waals surface area contributed by atoms with Crippen molar-refractivity contribution in [2.75, 3.05) is 26.1 Å². The molecule has 128 valence electrons. The number of hydrogen-bond donors (Lipinski definition) is 2. The average molecular weight is 336 g/mol. The van der Waals surface area contributed by atoms with Crippen molar-refractivity contribution in [2.45, 2.75) is 6.10 Å². The number of para-hydroxylation sites is 2. The van der Waals surface area contributed by atoms with E-state index in [0.29, 0.717) is 5.75 Å². The molecule has 2 amide bonds. The Kier molecular flexibility index (Phi) is 6.08. The topological polar surface area (TPSA) is 59.6 Å². The molecule has 0 aliphatic carbocycles. The van der Waals surface area contributed by atoms with Gasteiger partial charge < -0.3 is 20.1 Å².